The second-order valence-corrected chi connectivity index (χ2v) is 6.27. The Hall–Kier alpha value is -3.94. The van der Waals surface area contributed by atoms with Crippen molar-refractivity contribution in [2.45, 2.75) is 20.0 Å². The van der Waals surface area contributed by atoms with Crippen LogP contribution in [0, 0.1) is 17.0 Å². The zero-order valence-electron chi connectivity index (χ0n) is 15.9. The molecule has 1 amide bonds. The van der Waals surface area contributed by atoms with E-state index in [-0.39, 0.29) is 5.69 Å². The van der Waals surface area contributed by atoms with Crippen LogP contribution >= 0.6 is 0 Å². The van der Waals surface area contributed by atoms with E-state index >= 15 is 0 Å². The molecule has 0 aliphatic carbocycles. The van der Waals surface area contributed by atoms with Crippen molar-refractivity contribution in [1.82, 2.24) is 5.43 Å². The second-order valence-electron chi connectivity index (χ2n) is 6.27. The highest BCUT2D eigenvalue weighted by molar-refractivity contribution is 5.83. The van der Waals surface area contributed by atoms with Gasteiger partial charge in [-0.2, -0.15) is 5.10 Å². The van der Waals surface area contributed by atoms with Crippen molar-refractivity contribution in [2.24, 2.45) is 5.10 Å². The average Bonchev–Trinajstić information content (AvgIpc) is 3.17. The molecule has 1 heterocycles. The normalized spacial score (nSPS) is 11.9. The van der Waals surface area contributed by atoms with Gasteiger partial charge in [-0.3, -0.25) is 14.9 Å². The number of hydrogen-bond donors (Lipinski definition) is 1. The molecular formula is C21H19N3O5. The fourth-order valence-corrected chi connectivity index (χ4v) is 2.61. The Labute approximate surface area is 167 Å². The van der Waals surface area contributed by atoms with Gasteiger partial charge >= 0.3 is 0 Å². The van der Waals surface area contributed by atoms with Gasteiger partial charge in [-0.25, -0.2) is 5.43 Å². The highest BCUT2D eigenvalue weighted by atomic mass is 16.6. The zero-order chi connectivity index (χ0) is 20.8. The summed E-state index contributed by atoms with van der Waals surface area (Å²) in [5.41, 5.74) is 3.88. The summed E-state index contributed by atoms with van der Waals surface area (Å²) < 4.78 is 11.2. The van der Waals surface area contributed by atoms with Crippen LogP contribution < -0.4 is 10.2 Å². The minimum Gasteiger partial charge on any atom is -0.481 e. The van der Waals surface area contributed by atoms with E-state index in [1.54, 1.807) is 44.2 Å². The third-order valence-corrected chi connectivity index (χ3v) is 4.10. The van der Waals surface area contributed by atoms with Gasteiger partial charge < -0.3 is 9.15 Å². The lowest BCUT2D eigenvalue weighted by Crippen LogP contribution is -2.33. The van der Waals surface area contributed by atoms with Crippen molar-refractivity contribution in [1.29, 1.82) is 0 Å². The summed E-state index contributed by atoms with van der Waals surface area (Å²) >= 11 is 0. The molecule has 0 spiro atoms. The number of nitro benzene ring substituents is 1. The van der Waals surface area contributed by atoms with E-state index in [9.17, 15) is 14.9 Å². The molecule has 3 rings (SSSR count). The summed E-state index contributed by atoms with van der Waals surface area (Å²) in [5.74, 6) is 1.16. The van der Waals surface area contributed by atoms with Gasteiger partial charge in [-0.1, -0.05) is 18.2 Å². The van der Waals surface area contributed by atoms with Crippen LogP contribution in [-0.2, 0) is 4.79 Å². The number of para-hydroxylation sites is 1. The Morgan fingerprint density at radius 1 is 1.21 bits per heavy atom. The maximum Gasteiger partial charge on any atom is 0.280 e. The van der Waals surface area contributed by atoms with Crippen molar-refractivity contribution < 1.29 is 18.9 Å². The Morgan fingerprint density at radius 2 is 1.97 bits per heavy atom. The van der Waals surface area contributed by atoms with Crippen LogP contribution in [0.4, 0.5) is 5.69 Å². The number of non-ortho nitro benzene ring substituents is 1. The number of rotatable bonds is 7. The lowest BCUT2D eigenvalue weighted by molar-refractivity contribution is -0.384. The van der Waals surface area contributed by atoms with Gasteiger partial charge in [0, 0.05) is 17.7 Å². The van der Waals surface area contributed by atoms with Crippen LogP contribution in [0.3, 0.4) is 0 Å². The minimum atomic E-state index is -0.718. The van der Waals surface area contributed by atoms with Gasteiger partial charge in [0.05, 0.1) is 11.1 Å². The predicted octanol–water partition coefficient (Wildman–Crippen LogP) is 4.08. The number of hydrogen-bond acceptors (Lipinski definition) is 6. The first-order chi connectivity index (χ1) is 13.9. The smallest absolute Gasteiger partial charge is 0.280 e. The fourth-order valence-electron chi connectivity index (χ4n) is 2.61. The summed E-state index contributed by atoms with van der Waals surface area (Å²) in [6.07, 6.45) is 0.654. The number of nitro groups is 1. The number of nitrogens with one attached hydrogen (secondary N) is 1. The van der Waals surface area contributed by atoms with Crippen molar-refractivity contribution >= 4 is 17.8 Å². The number of benzene rings is 2. The molecule has 1 aromatic heterocycles. The SMILES string of the molecule is Cc1cc([N+](=O)[O-])ccc1-c1ccc(/C=N\NC(=O)[C@@H](C)Oc2ccccc2)o1. The number of ether oxygens (including phenoxy) is 1. The molecule has 0 bridgehead atoms. The van der Waals surface area contributed by atoms with E-state index < -0.39 is 16.9 Å². The first-order valence-corrected chi connectivity index (χ1v) is 8.84. The van der Waals surface area contributed by atoms with Crippen LogP contribution in [0.5, 0.6) is 5.75 Å². The van der Waals surface area contributed by atoms with E-state index in [0.29, 0.717) is 17.3 Å². The first kappa shape index (κ1) is 19.8. The molecule has 3 aromatic rings. The van der Waals surface area contributed by atoms with Gasteiger partial charge in [0.15, 0.2) is 6.10 Å². The average molecular weight is 393 g/mol. The van der Waals surface area contributed by atoms with Crippen molar-refractivity contribution in [3.05, 3.63) is 82.1 Å². The molecule has 1 N–H and O–H groups in total. The number of furan rings is 1. The molecule has 1 atom stereocenters. The van der Waals surface area contributed by atoms with Gasteiger partial charge in [0.25, 0.3) is 11.6 Å². The Balaban J connectivity index is 1.60. The molecule has 0 aliphatic rings. The van der Waals surface area contributed by atoms with Crippen LogP contribution in [0.25, 0.3) is 11.3 Å². The molecule has 2 aromatic carbocycles. The summed E-state index contributed by atoms with van der Waals surface area (Å²) in [5, 5.41) is 14.7. The molecule has 29 heavy (non-hydrogen) atoms. The summed E-state index contributed by atoms with van der Waals surface area (Å²) in [7, 11) is 0. The van der Waals surface area contributed by atoms with E-state index in [1.165, 1.54) is 18.3 Å². The highest BCUT2D eigenvalue weighted by Crippen LogP contribution is 2.28. The minimum absolute atomic E-state index is 0.0224. The maximum atomic E-state index is 12.1. The molecule has 8 nitrogen and oxygen atoms in total. The molecule has 0 fully saturated rings. The number of amides is 1. The van der Waals surface area contributed by atoms with Gasteiger partial charge in [-0.15, -0.1) is 0 Å². The maximum absolute atomic E-state index is 12.1. The van der Waals surface area contributed by atoms with Crippen molar-refractivity contribution in [3.8, 4) is 17.1 Å². The highest BCUT2D eigenvalue weighted by Gasteiger charge is 2.14. The number of carbonyl (C=O) groups excluding carboxylic acids is 1. The van der Waals surface area contributed by atoms with Crippen LogP contribution in [0.1, 0.15) is 18.2 Å². The summed E-state index contributed by atoms with van der Waals surface area (Å²) in [6.45, 7) is 3.40. The van der Waals surface area contributed by atoms with Gasteiger partial charge in [0.2, 0.25) is 0 Å². The molecule has 0 saturated carbocycles. The third-order valence-electron chi connectivity index (χ3n) is 4.10. The van der Waals surface area contributed by atoms with Crippen molar-refractivity contribution in [3.63, 3.8) is 0 Å². The second kappa shape index (κ2) is 8.83. The predicted molar refractivity (Wildman–Crippen MR) is 108 cm³/mol. The fraction of sp³-hybridized carbons (Fsp3) is 0.143. The third kappa shape index (κ3) is 5.07. The quantitative estimate of drug-likeness (QED) is 0.370. The Kier molecular flexibility index (Phi) is 6.03. The lowest BCUT2D eigenvalue weighted by Gasteiger charge is -2.12. The molecule has 148 valence electrons. The topological polar surface area (TPSA) is 107 Å². The number of carbonyl (C=O) groups is 1. The largest absolute Gasteiger partial charge is 0.481 e. The van der Waals surface area contributed by atoms with E-state index in [1.807, 2.05) is 18.2 Å². The number of nitrogens with zero attached hydrogens (tertiary/aromatic N) is 2. The summed E-state index contributed by atoms with van der Waals surface area (Å²) in [6, 6.07) is 17.0. The first-order valence-electron chi connectivity index (χ1n) is 8.84. The Bertz CT molecular complexity index is 1040. The molecule has 0 unspecified atom stereocenters. The monoisotopic (exact) mass is 393 g/mol. The van der Waals surface area contributed by atoms with Crippen LogP contribution in [0.15, 0.2) is 70.2 Å². The molecule has 0 radical (unpaired) electrons. The van der Waals surface area contributed by atoms with Gasteiger partial charge in [0.1, 0.15) is 17.3 Å². The van der Waals surface area contributed by atoms with Crippen LogP contribution in [-0.4, -0.2) is 23.1 Å². The van der Waals surface area contributed by atoms with E-state index in [0.717, 1.165) is 11.1 Å². The van der Waals surface area contributed by atoms with Crippen molar-refractivity contribution in [2.75, 3.05) is 0 Å². The summed E-state index contributed by atoms with van der Waals surface area (Å²) in [4.78, 5) is 22.5. The van der Waals surface area contributed by atoms with Gasteiger partial charge in [-0.05, 0) is 49.7 Å². The number of aryl methyl sites for hydroxylation is 1. The van der Waals surface area contributed by atoms with E-state index in [2.05, 4.69) is 10.5 Å². The molecule has 0 aliphatic heterocycles. The zero-order valence-corrected chi connectivity index (χ0v) is 15.9. The standard InChI is InChI=1S/C21H19N3O5/c1-14-12-16(24(26)27)8-10-19(14)20-11-9-18(29-20)13-22-23-21(25)15(2)28-17-6-4-3-5-7-17/h3-13,15H,1-2H3,(H,23,25)/b22-13-/t15-/m1/s1. The number of hydrazone groups is 1. The molecule has 0 saturated heterocycles. The molecule has 8 heteroatoms. The lowest BCUT2D eigenvalue weighted by atomic mass is 10.1. The van der Waals surface area contributed by atoms with Crippen LogP contribution in [0.2, 0.25) is 0 Å². The molecular weight excluding hydrogens is 374 g/mol. The van der Waals surface area contributed by atoms with E-state index in [4.69, 9.17) is 9.15 Å². The Morgan fingerprint density at radius 3 is 2.66 bits per heavy atom.